The molecule has 0 saturated heterocycles. The van der Waals surface area contributed by atoms with Crippen molar-refractivity contribution in [2.45, 2.75) is 13.8 Å². The maximum absolute atomic E-state index is 12.4. The second kappa shape index (κ2) is 5.99. The molecule has 2 aromatic carbocycles. The number of fused-ring (bicyclic) bond motifs is 1. The van der Waals surface area contributed by atoms with Gasteiger partial charge in [0.2, 0.25) is 0 Å². The van der Waals surface area contributed by atoms with Gasteiger partial charge in [0.25, 0.3) is 5.91 Å². The Labute approximate surface area is 145 Å². The van der Waals surface area contributed by atoms with Gasteiger partial charge in [0.15, 0.2) is 5.13 Å². The zero-order chi connectivity index (χ0) is 15.9. The van der Waals surface area contributed by atoms with Gasteiger partial charge in [-0.15, -0.1) is 0 Å². The van der Waals surface area contributed by atoms with Gasteiger partial charge in [-0.2, -0.15) is 0 Å². The van der Waals surface area contributed by atoms with Crippen molar-refractivity contribution >= 4 is 60.1 Å². The molecule has 3 rings (SSSR count). The van der Waals surface area contributed by atoms with E-state index < -0.39 is 0 Å². The Morgan fingerprint density at radius 3 is 2.68 bits per heavy atom. The largest absolute Gasteiger partial charge is 0.298 e. The minimum Gasteiger partial charge on any atom is -0.298 e. The Morgan fingerprint density at radius 1 is 1.23 bits per heavy atom. The molecule has 112 valence electrons. The van der Waals surface area contributed by atoms with Crippen LogP contribution in [0.25, 0.3) is 10.2 Å². The first kappa shape index (κ1) is 15.5. The number of thiazole rings is 1. The Kier molecular flexibility index (Phi) is 4.21. The van der Waals surface area contributed by atoms with Gasteiger partial charge in [-0.3, -0.25) is 10.1 Å². The third kappa shape index (κ3) is 2.89. The fourth-order valence-corrected chi connectivity index (χ4v) is 3.72. The van der Waals surface area contributed by atoms with Crippen molar-refractivity contribution in [3.8, 4) is 0 Å². The number of amides is 1. The Morgan fingerprint density at radius 2 is 1.95 bits per heavy atom. The van der Waals surface area contributed by atoms with E-state index in [4.69, 9.17) is 11.6 Å². The van der Waals surface area contributed by atoms with Crippen molar-refractivity contribution < 1.29 is 4.79 Å². The molecule has 0 fully saturated rings. The predicted molar refractivity (Wildman–Crippen MR) is 96.2 cm³/mol. The summed E-state index contributed by atoms with van der Waals surface area (Å²) in [6, 6.07) is 9.28. The molecular weight excluding hydrogens is 384 g/mol. The summed E-state index contributed by atoms with van der Waals surface area (Å²) in [6.07, 6.45) is 0. The van der Waals surface area contributed by atoms with E-state index in [0.29, 0.717) is 15.7 Å². The summed E-state index contributed by atoms with van der Waals surface area (Å²) in [5.74, 6) is -0.263. The van der Waals surface area contributed by atoms with Crippen molar-refractivity contribution in [2.24, 2.45) is 0 Å². The first-order valence-electron chi connectivity index (χ1n) is 6.59. The number of carbonyl (C=O) groups is 1. The van der Waals surface area contributed by atoms with Gasteiger partial charge in [0.1, 0.15) is 0 Å². The van der Waals surface area contributed by atoms with Gasteiger partial charge < -0.3 is 0 Å². The number of nitrogens with one attached hydrogen (secondary N) is 1. The highest BCUT2D eigenvalue weighted by Crippen LogP contribution is 2.31. The molecule has 1 amide bonds. The maximum atomic E-state index is 12.4. The second-order valence-corrected chi connectivity index (χ2v) is 7.30. The molecule has 1 heterocycles. The molecule has 0 unspecified atom stereocenters. The van der Waals surface area contributed by atoms with Crippen LogP contribution in [0.15, 0.2) is 34.8 Å². The molecule has 3 aromatic rings. The fourth-order valence-electron chi connectivity index (χ4n) is 2.15. The highest BCUT2D eigenvalue weighted by atomic mass is 79.9. The number of halogens is 2. The molecule has 6 heteroatoms. The molecule has 0 aliphatic heterocycles. The van der Waals surface area contributed by atoms with Crippen LogP contribution in [0.4, 0.5) is 5.13 Å². The van der Waals surface area contributed by atoms with Crippen LogP contribution in [0, 0.1) is 13.8 Å². The van der Waals surface area contributed by atoms with Crippen LogP contribution < -0.4 is 5.32 Å². The van der Waals surface area contributed by atoms with Gasteiger partial charge in [-0.1, -0.05) is 51.0 Å². The lowest BCUT2D eigenvalue weighted by molar-refractivity contribution is 0.102. The smallest absolute Gasteiger partial charge is 0.258 e. The summed E-state index contributed by atoms with van der Waals surface area (Å²) in [5, 5.41) is 3.82. The summed E-state index contributed by atoms with van der Waals surface area (Å²) < 4.78 is 1.90. The minimum absolute atomic E-state index is 0.263. The van der Waals surface area contributed by atoms with Crippen LogP contribution >= 0.6 is 38.9 Å². The molecular formula is C16H12BrClN2OS. The molecule has 0 spiro atoms. The van der Waals surface area contributed by atoms with E-state index in [1.54, 1.807) is 18.2 Å². The Bertz CT molecular complexity index is 852. The standard InChI is InChI=1S/C16H12BrClN2OS/c1-8-3-4-9(2)14-13(8)19-16(22-14)20-15(21)11-7-10(17)5-6-12(11)18/h3-7H,1-2H3,(H,19,20,21). The maximum Gasteiger partial charge on any atom is 0.258 e. The van der Waals surface area contributed by atoms with Crippen molar-refractivity contribution in [3.63, 3.8) is 0 Å². The fraction of sp³-hybridized carbons (Fsp3) is 0.125. The van der Waals surface area contributed by atoms with Crippen molar-refractivity contribution in [3.05, 3.63) is 56.5 Å². The number of aromatic nitrogens is 1. The Hall–Kier alpha value is -1.43. The lowest BCUT2D eigenvalue weighted by atomic mass is 10.1. The number of rotatable bonds is 2. The van der Waals surface area contributed by atoms with Crippen molar-refractivity contribution in [2.75, 3.05) is 5.32 Å². The number of nitrogens with zero attached hydrogens (tertiary/aromatic N) is 1. The summed E-state index contributed by atoms with van der Waals surface area (Å²) >= 11 is 10.9. The van der Waals surface area contributed by atoms with Crippen molar-refractivity contribution in [1.29, 1.82) is 0 Å². The molecule has 1 aromatic heterocycles. The quantitative estimate of drug-likeness (QED) is 0.615. The first-order valence-corrected chi connectivity index (χ1v) is 8.57. The number of aryl methyl sites for hydroxylation is 2. The van der Waals surface area contributed by atoms with Crippen LogP contribution in [0.1, 0.15) is 21.5 Å². The second-order valence-electron chi connectivity index (χ2n) is 4.97. The minimum atomic E-state index is -0.263. The van der Waals surface area contributed by atoms with E-state index in [0.717, 1.165) is 25.8 Å². The van der Waals surface area contributed by atoms with E-state index in [2.05, 4.69) is 32.3 Å². The first-order chi connectivity index (χ1) is 10.5. The average Bonchev–Trinajstić information content (AvgIpc) is 2.90. The topological polar surface area (TPSA) is 42.0 Å². The zero-order valence-corrected chi connectivity index (χ0v) is 15.1. The van der Waals surface area contributed by atoms with Gasteiger partial charge in [0, 0.05) is 4.47 Å². The van der Waals surface area contributed by atoms with Crippen LogP contribution in [-0.2, 0) is 0 Å². The van der Waals surface area contributed by atoms with Gasteiger partial charge >= 0.3 is 0 Å². The van der Waals surface area contributed by atoms with E-state index >= 15 is 0 Å². The molecule has 3 nitrogen and oxygen atoms in total. The van der Waals surface area contributed by atoms with E-state index in [9.17, 15) is 4.79 Å². The normalized spacial score (nSPS) is 10.9. The van der Waals surface area contributed by atoms with Gasteiger partial charge in [-0.25, -0.2) is 4.98 Å². The molecule has 0 atom stereocenters. The van der Waals surface area contributed by atoms with Crippen LogP contribution in [-0.4, -0.2) is 10.9 Å². The summed E-state index contributed by atoms with van der Waals surface area (Å²) in [4.78, 5) is 16.9. The molecule has 0 aliphatic rings. The van der Waals surface area contributed by atoms with E-state index in [-0.39, 0.29) is 5.91 Å². The SMILES string of the molecule is Cc1ccc(C)c2sc(NC(=O)c3cc(Br)ccc3Cl)nc12. The van der Waals surface area contributed by atoms with E-state index in [1.807, 2.05) is 19.9 Å². The lowest BCUT2D eigenvalue weighted by Crippen LogP contribution is -2.12. The van der Waals surface area contributed by atoms with Gasteiger partial charge in [-0.05, 0) is 43.2 Å². The third-order valence-corrected chi connectivity index (χ3v) is 5.26. The highest BCUT2D eigenvalue weighted by molar-refractivity contribution is 9.10. The molecule has 1 N–H and O–H groups in total. The van der Waals surface area contributed by atoms with Crippen LogP contribution in [0.5, 0.6) is 0 Å². The van der Waals surface area contributed by atoms with Crippen molar-refractivity contribution in [1.82, 2.24) is 4.98 Å². The average molecular weight is 396 g/mol. The highest BCUT2D eigenvalue weighted by Gasteiger charge is 2.15. The summed E-state index contributed by atoms with van der Waals surface area (Å²) in [6.45, 7) is 4.05. The van der Waals surface area contributed by atoms with Crippen LogP contribution in [0.3, 0.4) is 0 Å². The number of carbonyl (C=O) groups excluding carboxylic acids is 1. The zero-order valence-electron chi connectivity index (χ0n) is 11.9. The molecule has 0 radical (unpaired) electrons. The molecule has 0 saturated carbocycles. The molecule has 22 heavy (non-hydrogen) atoms. The lowest BCUT2D eigenvalue weighted by Gasteiger charge is -2.04. The number of benzene rings is 2. The number of hydrogen-bond acceptors (Lipinski definition) is 3. The summed E-state index contributed by atoms with van der Waals surface area (Å²) in [5.41, 5.74) is 3.60. The van der Waals surface area contributed by atoms with Gasteiger partial charge in [0.05, 0.1) is 20.8 Å². The molecule has 0 aliphatic carbocycles. The summed E-state index contributed by atoms with van der Waals surface area (Å²) in [7, 11) is 0. The van der Waals surface area contributed by atoms with E-state index in [1.165, 1.54) is 11.3 Å². The monoisotopic (exact) mass is 394 g/mol. The molecule has 0 bridgehead atoms. The number of hydrogen-bond donors (Lipinski definition) is 1. The third-order valence-electron chi connectivity index (χ3n) is 3.34. The number of anilines is 1. The Balaban J connectivity index is 1.96. The van der Waals surface area contributed by atoms with Crippen LogP contribution in [0.2, 0.25) is 5.02 Å². The predicted octanol–water partition coefficient (Wildman–Crippen LogP) is 5.58.